The Morgan fingerprint density at radius 2 is 1.88 bits per heavy atom. The van der Waals surface area contributed by atoms with E-state index in [1.54, 1.807) is 56.5 Å². The molecule has 2 aromatic carbocycles. The number of ether oxygens (including phenoxy) is 1. The van der Waals surface area contributed by atoms with Crippen LogP contribution in [0.4, 0.5) is 11.4 Å². The Bertz CT molecular complexity index is 911. The third-order valence-electron chi connectivity index (χ3n) is 3.55. The standard InChI is InChI=1S/C17H17N3O4/c1-10(16(21)19-11-3-6-13(23-2)7-4-11)18-12-5-8-15-14(9-12)20-17(22)24-15/h3-10,18H,1-2H3,(H,19,21)(H,20,22)/t10-/m0/s1. The SMILES string of the molecule is COc1ccc(NC(=O)[C@H](C)Nc2ccc3oc(=O)[nH]c3c2)cc1. The monoisotopic (exact) mass is 327 g/mol. The highest BCUT2D eigenvalue weighted by Gasteiger charge is 2.13. The molecule has 3 aromatic rings. The zero-order chi connectivity index (χ0) is 17.1. The normalized spacial score (nSPS) is 11.9. The summed E-state index contributed by atoms with van der Waals surface area (Å²) in [6.07, 6.45) is 0. The highest BCUT2D eigenvalue weighted by Crippen LogP contribution is 2.18. The van der Waals surface area contributed by atoms with E-state index in [0.717, 1.165) is 5.75 Å². The van der Waals surface area contributed by atoms with Gasteiger partial charge in [0.25, 0.3) is 0 Å². The van der Waals surface area contributed by atoms with E-state index in [4.69, 9.17) is 9.15 Å². The third-order valence-corrected chi connectivity index (χ3v) is 3.55. The van der Waals surface area contributed by atoms with Crippen molar-refractivity contribution in [2.75, 3.05) is 17.7 Å². The number of aromatic nitrogens is 1. The van der Waals surface area contributed by atoms with Crippen LogP contribution in [0.1, 0.15) is 6.92 Å². The number of amides is 1. The molecule has 0 unspecified atom stereocenters. The number of aromatic amines is 1. The largest absolute Gasteiger partial charge is 0.497 e. The van der Waals surface area contributed by atoms with Crippen molar-refractivity contribution in [3.8, 4) is 5.75 Å². The predicted molar refractivity (Wildman–Crippen MR) is 91.5 cm³/mol. The molecule has 124 valence electrons. The summed E-state index contributed by atoms with van der Waals surface area (Å²) in [5.74, 6) is 0.0370. The number of anilines is 2. The van der Waals surface area contributed by atoms with Gasteiger partial charge in [-0.15, -0.1) is 0 Å². The smallest absolute Gasteiger partial charge is 0.417 e. The van der Waals surface area contributed by atoms with Crippen molar-refractivity contribution in [1.29, 1.82) is 0 Å². The number of carbonyl (C=O) groups excluding carboxylic acids is 1. The van der Waals surface area contributed by atoms with Gasteiger partial charge in [0.05, 0.1) is 12.6 Å². The van der Waals surface area contributed by atoms with Crippen LogP contribution in [-0.4, -0.2) is 24.0 Å². The van der Waals surface area contributed by atoms with Gasteiger partial charge in [0, 0.05) is 11.4 Å². The predicted octanol–water partition coefficient (Wildman–Crippen LogP) is 2.57. The minimum Gasteiger partial charge on any atom is -0.497 e. The maximum Gasteiger partial charge on any atom is 0.417 e. The maximum atomic E-state index is 12.3. The molecule has 0 spiro atoms. The van der Waals surface area contributed by atoms with Crippen LogP contribution in [0.15, 0.2) is 51.7 Å². The fourth-order valence-corrected chi connectivity index (χ4v) is 2.28. The Kier molecular flexibility index (Phi) is 4.24. The molecule has 3 rings (SSSR count). The highest BCUT2D eigenvalue weighted by molar-refractivity contribution is 5.96. The fourth-order valence-electron chi connectivity index (χ4n) is 2.28. The first kappa shape index (κ1) is 15.7. The lowest BCUT2D eigenvalue weighted by atomic mass is 10.2. The zero-order valence-corrected chi connectivity index (χ0v) is 13.3. The summed E-state index contributed by atoms with van der Waals surface area (Å²) in [6, 6.07) is 11.8. The van der Waals surface area contributed by atoms with Crippen molar-refractivity contribution < 1.29 is 13.9 Å². The maximum absolute atomic E-state index is 12.3. The van der Waals surface area contributed by atoms with Gasteiger partial charge in [-0.2, -0.15) is 0 Å². The van der Waals surface area contributed by atoms with Crippen LogP contribution in [-0.2, 0) is 4.79 Å². The van der Waals surface area contributed by atoms with Gasteiger partial charge >= 0.3 is 5.76 Å². The molecule has 3 N–H and O–H groups in total. The van der Waals surface area contributed by atoms with Gasteiger partial charge in [-0.25, -0.2) is 4.79 Å². The second-order valence-electron chi connectivity index (χ2n) is 5.31. The van der Waals surface area contributed by atoms with Gasteiger partial charge in [0.15, 0.2) is 5.58 Å². The average Bonchev–Trinajstić information content (AvgIpc) is 2.94. The molecular formula is C17H17N3O4. The van der Waals surface area contributed by atoms with Crippen LogP contribution >= 0.6 is 0 Å². The molecule has 24 heavy (non-hydrogen) atoms. The Hall–Kier alpha value is -3.22. The Labute approximate surface area is 137 Å². The van der Waals surface area contributed by atoms with Crippen LogP contribution < -0.4 is 21.1 Å². The number of rotatable bonds is 5. The second kappa shape index (κ2) is 6.49. The quantitative estimate of drug-likeness (QED) is 0.669. The van der Waals surface area contributed by atoms with E-state index in [-0.39, 0.29) is 5.91 Å². The summed E-state index contributed by atoms with van der Waals surface area (Å²) < 4.78 is 10.0. The second-order valence-corrected chi connectivity index (χ2v) is 5.31. The molecule has 0 aliphatic rings. The first-order valence-electron chi connectivity index (χ1n) is 7.39. The molecule has 0 saturated carbocycles. The van der Waals surface area contributed by atoms with E-state index in [2.05, 4.69) is 15.6 Å². The van der Waals surface area contributed by atoms with E-state index in [1.807, 2.05) is 0 Å². The van der Waals surface area contributed by atoms with Gasteiger partial charge < -0.3 is 19.8 Å². The first-order chi connectivity index (χ1) is 11.5. The van der Waals surface area contributed by atoms with Crippen LogP contribution in [0.25, 0.3) is 11.1 Å². The van der Waals surface area contributed by atoms with Crippen molar-refractivity contribution in [3.05, 3.63) is 53.0 Å². The molecular weight excluding hydrogens is 310 g/mol. The summed E-state index contributed by atoms with van der Waals surface area (Å²) in [5, 5.41) is 5.91. The number of hydrogen-bond donors (Lipinski definition) is 3. The molecule has 7 nitrogen and oxygen atoms in total. The number of nitrogens with one attached hydrogen (secondary N) is 3. The first-order valence-corrected chi connectivity index (χ1v) is 7.39. The number of oxazole rings is 1. The lowest BCUT2D eigenvalue weighted by Gasteiger charge is -2.15. The van der Waals surface area contributed by atoms with Crippen molar-refractivity contribution in [2.24, 2.45) is 0 Å². The summed E-state index contributed by atoms with van der Waals surface area (Å²) >= 11 is 0. The Morgan fingerprint density at radius 3 is 2.58 bits per heavy atom. The van der Waals surface area contributed by atoms with Crippen LogP contribution in [0.3, 0.4) is 0 Å². The van der Waals surface area contributed by atoms with E-state index in [9.17, 15) is 9.59 Å². The minimum atomic E-state index is -0.507. The van der Waals surface area contributed by atoms with Crippen LogP contribution in [0, 0.1) is 0 Å². The van der Waals surface area contributed by atoms with E-state index >= 15 is 0 Å². The molecule has 1 heterocycles. The van der Waals surface area contributed by atoms with Gasteiger partial charge in [-0.3, -0.25) is 9.78 Å². The molecule has 1 amide bonds. The van der Waals surface area contributed by atoms with Crippen molar-refractivity contribution in [1.82, 2.24) is 4.98 Å². The lowest BCUT2D eigenvalue weighted by molar-refractivity contribution is -0.116. The molecule has 0 saturated heterocycles. The molecule has 0 radical (unpaired) electrons. The Morgan fingerprint density at radius 1 is 1.17 bits per heavy atom. The topological polar surface area (TPSA) is 96.4 Å². The number of fused-ring (bicyclic) bond motifs is 1. The average molecular weight is 327 g/mol. The Balaban J connectivity index is 1.66. The van der Waals surface area contributed by atoms with Gasteiger partial charge in [0.1, 0.15) is 11.8 Å². The molecule has 0 aliphatic heterocycles. The number of methoxy groups -OCH3 is 1. The molecule has 1 aromatic heterocycles. The van der Waals surface area contributed by atoms with Gasteiger partial charge in [-0.1, -0.05) is 0 Å². The molecule has 1 atom stereocenters. The van der Waals surface area contributed by atoms with Crippen molar-refractivity contribution in [2.45, 2.75) is 13.0 Å². The minimum absolute atomic E-state index is 0.180. The zero-order valence-electron chi connectivity index (χ0n) is 13.3. The number of benzene rings is 2. The summed E-state index contributed by atoms with van der Waals surface area (Å²) in [7, 11) is 1.59. The summed E-state index contributed by atoms with van der Waals surface area (Å²) in [6.45, 7) is 1.75. The molecule has 7 heteroatoms. The third kappa shape index (κ3) is 3.40. The summed E-state index contributed by atoms with van der Waals surface area (Å²) in [5.41, 5.74) is 2.44. The van der Waals surface area contributed by atoms with E-state index in [0.29, 0.717) is 22.5 Å². The number of hydrogen-bond acceptors (Lipinski definition) is 5. The van der Waals surface area contributed by atoms with Gasteiger partial charge in [-0.05, 0) is 49.4 Å². The number of H-pyrrole nitrogens is 1. The van der Waals surface area contributed by atoms with Crippen molar-refractivity contribution >= 4 is 28.4 Å². The molecule has 0 aliphatic carbocycles. The molecule has 0 bridgehead atoms. The van der Waals surface area contributed by atoms with E-state index in [1.165, 1.54) is 0 Å². The fraction of sp³-hybridized carbons (Fsp3) is 0.176. The van der Waals surface area contributed by atoms with Crippen molar-refractivity contribution in [3.63, 3.8) is 0 Å². The van der Waals surface area contributed by atoms with Gasteiger partial charge in [0.2, 0.25) is 5.91 Å². The van der Waals surface area contributed by atoms with Crippen LogP contribution in [0.2, 0.25) is 0 Å². The van der Waals surface area contributed by atoms with Crippen LogP contribution in [0.5, 0.6) is 5.75 Å². The van der Waals surface area contributed by atoms with E-state index < -0.39 is 11.8 Å². The lowest BCUT2D eigenvalue weighted by Crippen LogP contribution is -2.31. The highest BCUT2D eigenvalue weighted by atomic mass is 16.5. The molecule has 0 fully saturated rings. The number of carbonyl (C=O) groups is 1. The summed E-state index contributed by atoms with van der Waals surface area (Å²) in [4.78, 5) is 26.0.